The summed E-state index contributed by atoms with van der Waals surface area (Å²) < 4.78 is 16.8. The third-order valence-electron chi connectivity index (χ3n) is 6.82. The maximum Gasteiger partial charge on any atom is 0.412 e. The van der Waals surface area contributed by atoms with Gasteiger partial charge in [0, 0.05) is 11.8 Å². The van der Waals surface area contributed by atoms with Crippen molar-refractivity contribution in [1.29, 1.82) is 0 Å². The molecule has 1 amide bonds. The van der Waals surface area contributed by atoms with Crippen molar-refractivity contribution >= 4 is 41.0 Å². The minimum absolute atomic E-state index is 0.132. The molecular formula is C31H23ClN2O5. The Bertz CT molecular complexity index is 1640. The van der Waals surface area contributed by atoms with Crippen LogP contribution in [0.4, 0.5) is 10.5 Å². The lowest BCUT2D eigenvalue weighted by molar-refractivity contribution is -0.136. The van der Waals surface area contributed by atoms with Crippen molar-refractivity contribution in [2.24, 2.45) is 0 Å². The normalized spacial score (nSPS) is 13.6. The average molecular weight is 539 g/mol. The number of carbonyl (C=O) groups excluding carboxylic acids is 2. The molecule has 0 saturated heterocycles. The van der Waals surface area contributed by atoms with Gasteiger partial charge in [-0.3, -0.25) is 10.1 Å². The predicted octanol–water partition coefficient (Wildman–Crippen LogP) is 7.73. The number of fused-ring (bicyclic) bond motifs is 1. The Morgan fingerprint density at radius 1 is 0.974 bits per heavy atom. The smallest absolute Gasteiger partial charge is 0.412 e. The Balaban J connectivity index is 1.26. The van der Waals surface area contributed by atoms with Gasteiger partial charge in [0.05, 0.1) is 10.4 Å². The lowest BCUT2D eigenvalue weighted by atomic mass is 9.99. The highest BCUT2D eigenvalue weighted by molar-refractivity contribution is 6.31. The number of pyridine rings is 1. The summed E-state index contributed by atoms with van der Waals surface area (Å²) in [5.74, 6) is 0.444. The second kappa shape index (κ2) is 10.3. The van der Waals surface area contributed by atoms with Crippen LogP contribution in [0, 0.1) is 0 Å². The number of furan rings is 1. The van der Waals surface area contributed by atoms with Gasteiger partial charge in [0.25, 0.3) is 6.47 Å². The Labute approximate surface area is 229 Å². The number of hydrogen-bond donors (Lipinski definition) is 1. The van der Waals surface area contributed by atoms with Crippen molar-refractivity contribution in [2.45, 2.75) is 25.0 Å². The zero-order valence-electron chi connectivity index (χ0n) is 20.7. The third-order valence-corrected chi connectivity index (χ3v) is 7.03. The minimum atomic E-state index is -0.619. The number of nitrogens with zero attached hydrogens (tertiary/aromatic N) is 1. The fourth-order valence-electron chi connectivity index (χ4n) is 4.61. The first kappa shape index (κ1) is 24.7. The molecule has 1 fully saturated rings. The van der Waals surface area contributed by atoms with E-state index in [1.807, 2.05) is 78.9 Å². The van der Waals surface area contributed by atoms with Gasteiger partial charge in [0.15, 0.2) is 5.76 Å². The van der Waals surface area contributed by atoms with E-state index in [-0.39, 0.29) is 6.61 Å². The molecule has 8 heteroatoms. The highest BCUT2D eigenvalue weighted by atomic mass is 35.5. The van der Waals surface area contributed by atoms with Crippen molar-refractivity contribution in [3.8, 4) is 22.5 Å². The molecule has 0 atom stereocenters. The molecule has 2 heterocycles. The Morgan fingerprint density at radius 2 is 1.64 bits per heavy atom. The number of hydrogen-bond acceptors (Lipinski definition) is 6. The molecule has 1 saturated carbocycles. The standard InChI is InChI=1S/C31H23ClN2O5/c32-25-16-26-27(34-30(36)37-18-20-4-2-1-3-5-20)28(39-29(26)33-17-25)23-8-6-21(7-9-23)22-10-12-24(13-11-22)31(14-15-31)38-19-35/h1-13,16-17,19H,14-15,18H2,(H,34,36). The maximum absolute atomic E-state index is 12.7. The highest BCUT2D eigenvalue weighted by Gasteiger charge is 2.46. The van der Waals surface area contributed by atoms with Gasteiger partial charge >= 0.3 is 6.09 Å². The summed E-state index contributed by atoms with van der Waals surface area (Å²) >= 11 is 6.20. The molecular weight excluding hydrogens is 516 g/mol. The summed E-state index contributed by atoms with van der Waals surface area (Å²) in [5.41, 5.74) is 4.96. The Hall–Kier alpha value is -4.62. The number of halogens is 1. The summed E-state index contributed by atoms with van der Waals surface area (Å²) in [6.07, 6.45) is 2.56. The predicted molar refractivity (Wildman–Crippen MR) is 148 cm³/mol. The molecule has 1 N–H and O–H groups in total. The summed E-state index contributed by atoms with van der Waals surface area (Å²) in [7, 11) is 0. The van der Waals surface area contributed by atoms with Crippen LogP contribution in [0.1, 0.15) is 24.0 Å². The average Bonchev–Trinajstić information content (AvgIpc) is 3.68. The van der Waals surface area contributed by atoms with E-state index in [0.717, 1.165) is 40.7 Å². The molecule has 1 aliphatic rings. The molecule has 5 aromatic rings. The molecule has 0 bridgehead atoms. The van der Waals surface area contributed by atoms with E-state index < -0.39 is 11.7 Å². The van der Waals surface area contributed by atoms with Crippen LogP contribution in [0.5, 0.6) is 0 Å². The molecule has 0 spiro atoms. The van der Waals surface area contributed by atoms with Gasteiger partial charge in [-0.2, -0.15) is 0 Å². The second-order valence-corrected chi connectivity index (χ2v) is 9.80. The zero-order chi connectivity index (χ0) is 26.8. The lowest BCUT2D eigenvalue weighted by Crippen LogP contribution is -2.13. The van der Waals surface area contributed by atoms with Crippen molar-refractivity contribution in [2.75, 3.05) is 5.32 Å². The summed E-state index contributed by atoms with van der Waals surface area (Å²) in [5, 5.41) is 3.81. The van der Waals surface area contributed by atoms with Crippen LogP contribution in [0.2, 0.25) is 5.02 Å². The number of amides is 1. The molecule has 0 aliphatic heterocycles. The molecule has 0 unspecified atom stereocenters. The monoisotopic (exact) mass is 538 g/mol. The fourth-order valence-corrected chi connectivity index (χ4v) is 4.76. The molecule has 0 radical (unpaired) electrons. The van der Waals surface area contributed by atoms with Gasteiger partial charge < -0.3 is 13.9 Å². The van der Waals surface area contributed by atoms with Gasteiger partial charge in [-0.15, -0.1) is 0 Å². The molecule has 6 rings (SSSR count). The lowest BCUT2D eigenvalue weighted by Gasteiger charge is -2.14. The van der Waals surface area contributed by atoms with Crippen LogP contribution in [0.15, 0.2) is 95.5 Å². The molecule has 194 valence electrons. The first-order chi connectivity index (χ1) is 19.0. The highest BCUT2D eigenvalue weighted by Crippen LogP contribution is 2.49. The van der Waals surface area contributed by atoms with Gasteiger partial charge in [-0.1, -0.05) is 90.5 Å². The number of ether oxygens (including phenoxy) is 2. The van der Waals surface area contributed by atoms with Crippen molar-refractivity contribution in [1.82, 2.24) is 4.98 Å². The zero-order valence-corrected chi connectivity index (χ0v) is 21.5. The van der Waals surface area contributed by atoms with Crippen molar-refractivity contribution in [3.05, 3.63) is 107 Å². The Morgan fingerprint density at radius 3 is 2.31 bits per heavy atom. The van der Waals surface area contributed by atoms with Gasteiger partial charge in [0.1, 0.15) is 17.9 Å². The SMILES string of the molecule is O=COC1(c2ccc(-c3ccc(-c4oc5ncc(Cl)cc5c4NC(=O)OCc4ccccc4)cc3)cc2)CC1. The quantitative estimate of drug-likeness (QED) is 0.203. The topological polar surface area (TPSA) is 90.7 Å². The third kappa shape index (κ3) is 5.09. The molecule has 3 aromatic carbocycles. The Kier molecular flexibility index (Phi) is 6.50. The van der Waals surface area contributed by atoms with Gasteiger partial charge in [-0.25, -0.2) is 9.78 Å². The van der Waals surface area contributed by atoms with Gasteiger partial charge in [-0.05, 0) is 41.2 Å². The molecule has 39 heavy (non-hydrogen) atoms. The van der Waals surface area contributed by atoms with Crippen LogP contribution in [-0.2, 0) is 26.5 Å². The molecule has 1 aliphatic carbocycles. The van der Waals surface area contributed by atoms with E-state index >= 15 is 0 Å². The van der Waals surface area contributed by atoms with Crippen LogP contribution < -0.4 is 5.32 Å². The number of aromatic nitrogens is 1. The van der Waals surface area contributed by atoms with Gasteiger partial charge in [0.2, 0.25) is 5.71 Å². The van der Waals surface area contributed by atoms with E-state index in [2.05, 4.69) is 10.3 Å². The van der Waals surface area contributed by atoms with Crippen molar-refractivity contribution < 1.29 is 23.5 Å². The van der Waals surface area contributed by atoms with Crippen molar-refractivity contribution in [3.63, 3.8) is 0 Å². The molecule has 2 aromatic heterocycles. The maximum atomic E-state index is 12.7. The van der Waals surface area contributed by atoms with Crippen LogP contribution >= 0.6 is 11.6 Å². The summed E-state index contributed by atoms with van der Waals surface area (Å²) in [6, 6.07) is 26.9. The van der Waals surface area contributed by atoms with E-state index in [9.17, 15) is 9.59 Å². The fraction of sp³-hybridized carbons (Fsp3) is 0.129. The first-order valence-electron chi connectivity index (χ1n) is 12.4. The number of benzene rings is 3. The largest absolute Gasteiger partial charge is 0.456 e. The molecule has 7 nitrogen and oxygen atoms in total. The summed E-state index contributed by atoms with van der Waals surface area (Å²) in [6.45, 7) is 0.653. The second-order valence-electron chi connectivity index (χ2n) is 9.36. The van der Waals surface area contributed by atoms with E-state index in [0.29, 0.717) is 34.0 Å². The van der Waals surface area contributed by atoms with E-state index in [1.54, 1.807) is 6.07 Å². The number of anilines is 1. The van der Waals surface area contributed by atoms with Crippen LogP contribution in [0.25, 0.3) is 33.6 Å². The number of nitrogens with one attached hydrogen (secondary N) is 1. The number of carbonyl (C=O) groups is 2. The minimum Gasteiger partial charge on any atom is -0.456 e. The number of rotatable bonds is 8. The summed E-state index contributed by atoms with van der Waals surface area (Å²) in [4.78, 5) is 27.8. The first-order valence-corrected chi connectivity index (χ1v) is 12.8. The van der Waals surface area contributed by atoms with Crippen LogP contribution in [0.3, 0.4) is 0 Å². The van der Waals surface area contributed by atoms with E-state index in [4.69, 9.17) is 25.5 Å². The van der Waals surface area contributed by atoms with Crippen LogP contribution in [-0.4, -0.2) is 17.5 Å². The van der Waals surface area contributed by atoms with E-state index in [1.165, 1.54) is 6.20 Å².